The third-order valence-corrected chi connectivity index (χ3v) is 3.28. The molecule has 2 rings (SSSR count). The summed E-state index contributed by atoms with van der Waals surface area (Å²) in [5.41, 5.74) is -2.40. The van der Waals surface area contributed by atoms with Crippen molar-refractivity contribution in [2.75, 3.05) is 0 Å². The van der Waals surface area contributed by atoms with Gasteiger partial charge in [0.1, 0.15) is 0 Å². The van der Waals surface area contributed by atoms with Gasteiger partial charge in [0.25, 0.3) is 0 Å². The number of benzene rings is 2. The van der Waals surface area contributed by atoms with E-state index in [1.807, 2.05) is 0 Å². The summed E-state index contributed by atoms with van der Waals surface area (Å²) in [6.07, 6.45) is 0. The molecule has 2 aromatic rings. The number of halogens is 5. The zero-order valence-corrected chi connectivity index (χ0v) is 10.9. The summed E-state index contributed by atoms with van der Waals surface area (Å²) in [4.78, 5) is 9.51. The molecule has 0 saturated heterocycles. The van der Waals surface area contributed by atoms with E-state index in [1.54, 1.807) is 6.07 Å². The predicted molar refractivity (Wildman–Crippen MR) is 67.1 cm³/mol. The topological polar surface area (TPSA) is 43.1 Å². The van der Waals surface area contributed by atoms with Gasteiger partial charge in [-0.2, -0.15) is 4.39 Å². The molecule has 0 heterocycles. The summed E-state index contributed by atoms with van der Waals surface area (Å²) < 4.78 is 53.8. The average molecular weight is 320 g/mol. The SMILES string of the molecule is O=[N+]([O-])c1c(F)c(F)c(F)c(F)c1C(Cl)c1ccccc1. The molecule has 0 spiro atoms. The van der Waals surface area contributed by atoms with E-state index in [0.717, 1.165) is 0 Å². The van der Waals surface area contributed by atoms with E-state index in [2.05, 4.69) is 0 Å². The van der Waals surface area contributed by atoms with Crippen molar-refractivity contribution in [1.82, 2.24) is 0 Å². The summed E-state index contributed by atoms with van der Waals surface area (Å²) in [5, 5.41) is 9.30. The number of hydrogen-bond acceptors (Lipinski definition) is 2. The van der Waals surface area contributed by atoms with Gasteiger partial charge in [-0.1, -0.05) is 30.3 Å². The van der Waals surface area contributed by atoms with E-state index in [1.165, 1.54) is 24.3 Å². The van der Waals surface area contributed by atoms with Crippen LogP contribution < -0.4 is 0 Å². The van der Waals surface area contributed by atoms with Crippen molar-refractivity contribution >= 4 is 17.3 Å². The van der Waals surface area contributed by atoms with E-state index < -0.39 is 44.8 Å². The summed E-state index contributed by atoms with van der Waals surface area (Å²) in [7, 11) is 0. The van der Waals surface area contributed by atoms with E-state index in [-0.39, 0.29) is 5.56 Å². The summed E-state index contributed by atoms with van der Waals surface area (Å²) in [6.45, 7) is 0. The minimum Gasteiger partial charge on any atom is -0.258 e. The maximum atomic E-state index is 13.8. The van der Waals surface area contributed by atoms with Gasteiger partial charge >= 0.3 is 5.69 Å². The summed E-state index contributed by atoms with van der Waals surface area (Å²) >= 11 is 5.88. The van der Waals surface area contributed by atoms with Gasteiger partial charge in [0, 0.05) is 0 Å². The standard InChI is InChI=1S/C13H6ClF4NO2/c14-8(6-4-2-1-3-5-6)7-9(15)10(16)11(17)12(18)13(7)19(20)21/h1-5,8H. The monoisotopic (exact) mass is 319 g/mol. The van der Waals surface area contributed by atoms with Crippen LogP contribution in [0.4, 0.5) is 23.2 Å². The lowest BCUT2D eigenvalue weighted by molar-refractivity contribution is -0.388. The molecule has 0 saturated carbocycles. The van der Waals surface area contributed by atoms with Crippen molar-refractivity contribution in [3.05, 3.63) is 74.8 Å². The Morgan fingerprint density at radius 3 is 2.00 bits per heavy atom. The fourth-order valence-electron chi connectivity index (χ4n) is 1.84. The van der Waals surface area contributed by atoms with Crippen LogP contribution in [-0.4, -0.2) is 4.92 Å². The highest BCUT2D eigenvalue weighted by molar-refractivity contribution is 6.23. The number of alkyl halides is 1. The molecular weight excluding hydrogens is 314 g/mol. The largest absolute Gasteiger partial charge is 0.316 e. The fourth-order valence-corrected chi connectivity index (χ4v) is 2.18. The van der Waals surface area contributed by atoms with E-state index in [0.29, 0.717) is 0 Å². The summed E-state index contributed by atoms with van der Waals surface area (Å²) in [5.74, 6) is -8.37. The Bertz CT molecular complexity index is 709. The molecule has 2 aromatic carbocycles. The van der Waals surface area contributed by atoms with Crippen molar-refractivity contribution in [2.24, 2.45) is 0 Å². The van der Waals surface area contributed by atoms with Crippen molar-refractivity contribution in [3.63, 3.8) is 0 Å². The fraction of sp³-hybridized carbons (Fsp3) is 0.0769. The van der Waals surface area contributed by atoms with Crippen LogP contribution in [0, 0.1) is 33.4 Å². The van der Waals surface area contributed by atoms with Crippen LogP contribution in [0.3, 0.4) is 0 Å². The normalized spacial score (nSPS) is 12.2. The number of rotatable bonds is 3. The molecule has 3 nitrogen and oxygen atoms in total. The molecule has 1 atom stereocenters. The number of hydrogen-bond donors (Lipinski definition) is 0. The Kier molecular flexibility index (Phi) is 4.13. The summed E-state index contributed by atoms with van der Waals surface area (Å²) in [6, 6.07) is 7.39. The lowest BCUT2D eigenvalue weighted by Crippen LogP contribution is -2.10. The molecule has 0 aliphatic heterocycles. The van der Waals surface area contributed by atoms with Crippen LogP contribution in [0.15, 0.2) is 30.3 Å². The predicted octanol–water partition coefficient (Wildman–Crippen LogP) is 4.48. The van der Waals surface area contributed by atoms with Crippen LogP contribution in [-0.2, 0) is 0 Å². The molecule has 0 N–H and O–H groups in total. The number of nitro groups is 1. The number of nitro benzene ring substituents is 1. The highest BCUT2D eigenvalue weighted by Crippen LogP contribution is 2.40. The maximum Gasteiger partial charge on any atom is 0.316 e. The van der Waals surface area contributed by atoms with Gasteiger partial charge in [0.2, 0.25) is 11.6 Å². The number of nitrogens with zero attached hydrogens (tertiary/aromatic N) is 1. The molecule has 0 aromatic heterocycles. The molecule has 110 valence electrons. The Morgan fingerprint density at radius 2 is 1.48 bits per heavy atom. The first kappa shape index (κ1) is 15.2. The van der Waals surface area contributed by atoms with Crippen LogP contribution in [0.1, 0.15) is 16.5 Å². The average Bonchev–Trinajstić information content (AvgIpc) is 2.48. The second kappa shape index (κ2) is 5.69. The molecule has 0 bridgehead atoms. The van der Waals surface area contributed by atoms with E-state index in [9.17, 15) is 27.7 Å². The van der Waals surface area contributed by atoms with Crippen molar-refractivity contribution < 1.29 is 22.5 Å². The molecule has 1 unspecified atom stereocenters. The molecule has 0 aliphatic rings. The Hall–Kier alpha value is -2.15. The van der Waals surface area contributed by atoms with Gasteiger partial charge in [0.05, 0.1) is 15.9 Å². The van der Waals surface area contributed by atoms with Crippen molar-refractivity contribution in [2.45, 2.75) is 5.38 Å². The molecule has 0 fully saturated rings. The second-order valence-electron chi connectivity index (χ2n) is 4.05. The van der Waals surface area contributed by atoms with Crippen molar-refractivity contribution in [1.29, 1.82) is 0 Å². The van der Waals surface area contributed by atoms with Gasteiger partial charge in [-0.05, 0) is 5.56 Å². The Balaban J connectivity index is 2.76. The smallest absolute Gasteiger partial charge is 0.258 e. The van der Waals surface area contributed by atoms with E-state index in [4.69, 9.17) is 11.6 Å². The van der Waals surface area contributed by atoms with Gasteiger partial charge in [-0.3, -0.25) is 10.1 Å². The maximum absolute atomic E-state index is 13.8. The molecule has 21 heavy (non-hydrogen) atoms. The van der Waals surface area contributed by atoms with Crippen LogP contribution >= 0.6 is 11.6 Å². The minimum atomic E-state index is -2.25. The molecule has 0 amide bonds. The lowest BCUT2D eigenvalue weighted by atomic mass is 10.0. The van der Waals surface area contributed by atoms with E-state index >= 15 is 0 Å². The first-order valence-electron chi connectivity index (χ1n) is 5.55. The Morgan fingerprint density at radius 1 is 0.952 bits per heavy atom. The van der Waals surface area contributed by atoms with Crippen LogP contribution in [0.2, 0.25) is 0 Å². The zero-order valence-electron chi connectivity index (χ0n) is 10.1. The van der Waals surface area contributed by atoms with Gasteiger partial charge in [0.15, 0.2) is 11.6 Å². The van der Waals surface area contributed by atoms with Gasteiger partial charge in [-0.25, -0.2) is 13.2 Å². The molecule has 0 radical (unpaired) electrons. The molecule has 8 heteroatoms. The Labute approximate surface area is 120 Å². The highest BCUT2D eigenvalue weighted by Gasteiger charge is 2.36. The quantitative estimate of drug-likeness (QED) is 0.209. The van der Waals surface area contributed by atoms with Crippen molar-refractivity contribution in [3.8, 4) is 0 Å². The van der Waals surface area contributed by atoms with Gasteiger partial charge in [-0.15, -0.1) is 11.6 Å². The minimum absolute atomic E-state index is 0.173. The second-order valence-corrected chi connectivity index (χ2v) is 4.48. The van der Waals surface area contributed by atoms with Gasteiger partial charge < -0.3 is 0 Å². The first-order chi connectivity index (χ1) is 9.86. The first-order valence-corrected chi connectivity index (χ1v) is 5.99. The zero-order chi connectivity index (χ0) is 15.7. The van der Waals surface area contributed by atoms with Crippen LogP contribution in [0.25, 0.3) is 0 Å². The lowest BCUT2D eigenvalue weighted by Gasteiger charge is -2.13. The third-order valence-electron chi connectivity index (χ3n) is 2.81. The third kappa shape index (κ3) is 2.56. The molecule has 0 aliphatic carbocycles. The van der Waals surface area contributed by atoms with Crippen LogP contribution in [0.5, 0.6) is 0 Å². The highest BCUT2D eigenvalue weighted by atomic mass is 35.5. The molecular formula is C13H6ClF4NO2.